The Morgan fingerprint density at radius 3 is 2.95 bits per heavy atom. The van der Waals surface area contributed by atoms with Crippen LogP contribution >= 0.6 is 11.6 Å². The van der Waals surface area contributed by atoms with Crippen molar-refractivity contribution in [3.8, 4) is 5.75 Å². The number of benzene rings is 1. The Balaban J connectivity index is 1.66. The average Bonchev–Trinajstić information content (AvgIpc) is 3.17. The Morgan fingerprint density at radius 2 is 2.30 bits per heavy atom. The van der Waals surface area contributed by atoms with Gasteiger partial charge in [0.15, 0.2) is 12.4 Å². The van der Waals surface area contributed by atoms with E-state index in [9.17, 15) is 4.79 Å². The second kappa shape index (κ2) is 5.13. The second-order valence-electron chi connectivity index (χ2n) is 4.56. The summed E-state index contributed by atoms with van der Waals surface area (Å²) in [5.74, 6) is 0.861. The molecule has 1 aliphatic rings. The summed E-state index contributed by atoms with van der Waals surface area (Å²) in [5, 5.41) is 12.9. The molecule has 1 aromatic carbocycles. The van der Waals surface area contributed by atoms with E-state index < -0.39 is 5.97 Å². The minimum absolute atomic E-state index is 0.103. The van der Waals surface area contributed by atoms with Crippen LogP contribution in [0.4, 0.5) is 0 Å². The molecule has 3 rings (SSSR count). The van der Waals surface area contributed by atoms with Crippen molar-refractivity contribution < 1.29 is 19.2 Å². The number of rotatable bonds is 5. The van der Waals surface area contributed by atoms with Gasteiger partial charge in [0.2, 0.25) is 0 Å². The fraction of sp³-hybridized carbons (Fsp3) is 0.308. The molecule has 6 nitrogen and oxygen atoms in total. The molecule has 0 radical (unpaired) electrons. The van der Waals surface area contributed by atoms with Crippen molar-refractivity contribution in [3.63, 3.8) is 0 Å². The largest absolute Gasteiger partial charge is 0.482 e. The van der Waals surface area contributed by atoms with Crippen LogP contribution in [-0.2, 0) is 6.61 Å². The van der Waals surface area contributed by atoms with Crippen LogP contribution in [0.5, 0.6) is 5.75 Å². The number of carboxylic acids is 1. The predicted molar refractivity (Wildman–Crippen MR) is 69.0 cm³/mol. The van der Waals surface area contributed by atoms with Gasteiger partial charge in [0.25, 0.3) is 5.89 Å². The summed E-state index contributed by atoms with van der Waals surface area (Å²) in [6.07, 6.45) is 2.20. The maximum atomic E-state index is 10.8. The van der Waals surface area contributed by atoms with Gasteiger partial charge in [0.05, 0.1) is 10.6 Å². The molecule has 1 N–H and O–H groups in total. The Bertz CT molecular complexity index is 652. The van der Waals surface area contributed by atoms with Crippen LogP contribution in [0.25, 0.3) is 0 Å². The molecule has 1 fully saturated rings. The lowest BCUT2D eigenvalue weighted by Crippen LogP contribution is -1.99. The minimum atomic E-state index is -1.04. The van der Waals surface area contributed by atoms with Crippen molar-refractivity contribution >= 4 is 17.6 Å². The number of nitrogens with zero attached hydrogens (tertiary/aromatic N) is 2. The van der Waals surface area contributed by atoms with E-state index in [1.165, 1.54) is 18.2 Å². The topological polar surface area (TPSA) is 85.5 Å². The zero-order valence-corrected chi connectivity index (χ0v) is 11.1. The second-order valence-corrected chi connectivity index (χ2v) is 4.97. The van der Waals surface area contributed by atoms with Gasteiger partial charge < -0.3 is 14.4 Å². The predicted octanol–water partition coefficient (Wildman–Crippen LogP) is 2.88. The molecule has 1 aliphatic carbocycles. The number of hydrogen-bond acceptors (Lipinski definition) is 5. The van der Waals surface area contributed by atoms with E-state index in [-0.39, 0.29) is 17.2 Å². The number of halogens is 1. The van der Waals surface area contributed by atoms with Crippen LogP contribution in [0.3, 0.4) is 0 Å². The van der Waals surface area contributed by atoms with Gasteiger partial charge in [0.1, 0.15) is 5.75 Å². The highest BCUT2D eigenvalue weighted by Crippen LogP contribution is 2.38. The average molecular weight is 295 g/mol. The lowest BCUT2D eigenvalue weighted by molar-refractivity contribution is 0.0697. The first-order valence-electron chi connectivity index (χ1n) is 6.11. The Labute approximate surface area is 119 Å². The number of carbonyl (C=O) groups is 1. The third kappa shape index (κ3) is 2.75. The van der Waals surface area contributed by atoms with Crippen molar-refractivity contribution in [2.24, 2.45) is 0 Å². The Morgan fingerprint density at radius 1 is 1.50 bits per heavy atom. The molecule has 0 amide bonds. The summed E-state index contributed by atoms with van der Waals surface area (Å²) in [6, 6.07) is 4.26. The standard InChI is InChI=1S/C13H11ClN2O4/c14-9-5-8(13(17)18)3-4-10(9)19-6-11-15-12(16-20-11)7-1-2-7/h3-5,7H,1-2,6H2,(H,17,18). The molecular formula is C13H11ClN2O4. The molecule has 1 heterocycles. The Kier molecular flexibility index (Phi) is 3.31. The monoisotopic (exact) mass is 294 g/mol. The van der Waals surface area contributed by atoms with Gasteiger partial charge in [-0.05, 0) is 31.0 Å². The summed E-state index contributed by atoms with van der Waals surface area (Å²) in [7, 11) is 0. The highest BCUT2D eigenvalue weighted by atomic mass is 35.5. The van der Waals surface area contributed by atoms with Gasteiger partial charge in [-0.3, -0.25) is 0 Å². The Hall–Kier alpha value is -2.08. The summed E-state index contributed by atoms with van der Waals surface area (Å²) in [5.41, 5.74) is 0.108. The van der Waals surface area contributed by atoms with Crippen molar-refractivity contribution in [1.29, 1.82) is 0 Å². The molecule has 7 heteroatoms. The number of carboxylic acid groups (broad SMARTS) is 1. The van der Waals surface area contributed by atoms with Crippen LogP contribution in [0.2, 0.25) is 5.02 Å². The van der Waals surface area contributed by atoms with Gasteiger partial charge in [-0.2, -0.15) is 4.98 Å². The van der Waals surface area contributed by atoms with Gasteiger partial charge >= 0.3 is 5.97 Å². The van der Waals surface area contributed by atoms with Crippen molar-refractivity contribution in [2.75, 3.05) is 0 Å². The van der Waals surface area contributed by atoms with Crippen LogP contribution in [0.1, 0.15) is 40.8 Å². The lowest BCUT2D eigenvalue weighted by Gasteiger charge is -2.06. The first-order chi connectivity index (χ1) is 9.63. The highest BCUT2D eigenvalue weighted by molar-refractivity contribution is 6.32. The van der Waals surface area contributed by atoms with E-state index in [0.29, 0.717) is 17.6 Å². The SMILES string of the molecule is O=C(O)c1ccc(OCc2nc(C3CC3)no2)c(Cl)c1. The van der Waals surface area contributed by atoms with Crippen LogP contribution in [0, 0.1) is 0 Å². The molecule has 0 saturated heterocycles. The number of aromatic nitrogens is 2. The fourth-order valence-electron chi connectivity index (χ4n) is 1.72. The molecule has 2 aromatic rings. The number of hydrogen-bond donors (Lipinski definition) is 1. The van der Waals surface area contributed by atoms with E-state index in [0.717, 1.165) is 18.7 Å². The molecule has 1 aromatic heterocycles. The van der Waals surface area contributed by atoms with Crippen LogP contribution in [-0.4, -0.2) is 21.2 Å². The fourth-order valence-corrected chi connectivity index (χ4v) is 1.96. The molecule has 0 unspecified atom stereocenters. The van der Waals surface area contributed by atoms with Crippen molar-refractivity contribution in [1.82, 2.24) is 10.1 Å². The molecule has 1 saturated carbocycles. The number of aromatic carboxylic acids is 1. The molecule has 0 aliphatic heterocycles. The lowest BCUT2D eigenvalue weighted by atomic mass is 10.2. The summed E-state index contributed by atoms with van der Waals surface area (Å²) in [4.78, 5) is 15.0. The molecule has 0 bridgehead atoms. The first-order valence-corrected chi connectivity index (χ1v) is 6.49. The molecular weight excluding hydrogens is 284 g/mol. The normalized spacial score (nSPS) is 14.2. The van der Waals surface area contributed by atoms with Gasteiger partial charge in [-0.25, -0.2) is 4.79 Å². The van der Waals surface area contributed by atoms with Gasteiger partial charge in [0, 0.05) is 5.92 Å². The summed E-state index contributed by atoms with van der Waals surface area (Å²) in [6.45, 7) is 0.103. The van der Waals surface area contributed by atoms with Crippen molar-refractivity contribution in [2.45, 2.75) is 25.4 Å². The van der Waals surface area contributed by atoms with Crippen LogP contribution < -0.4 is 4.74 Å². The van der Waals surface area contributed by atoms with Gasteiger partial charge in [-0.1, -0.05) is 16.8 Å². The molecule has 0 spiro atoms. The van der Waals surface area contributed by atoms with Crippen LogP contribution in [0.15, 0.2) is 22.7 Å². The van der Waals surface area contributed by atoms with E-state index in [4.69, 9.17) is 26.0 Å². The maximum absolute atomic E-state index is 10.8. The maximum Gasteiger partial charge on any atom is 0.335 e. The van der Waals surface area contributed by atoms with Crippen molar-refractivity contribution in [3.05, 3.63) is 40.5 Å². The molecule has 20 heavy (non-hydrogen) atoms. The van der Waals surface area contributed by atoms with E-state index in [1.54, 1.807) is 0 Å². The highest BCUT2D eigenvalue weighted by Gasteiger charge is 2.28. The number of ether oxygens (including phenoxy) is 1. The van der Waals surface area contributed by atoms with Gasteiger partial charge in [-0.15, -0.1) is 0 Å². The molecule has 104 valence electrons. The van der Waals surface area contributed by atoms with E-state index in [1.807, 2.05) is 0 Å². The summed E-state index contributed by atoms with van der Waals surface area (Å²) >= 11 is 5.95. The quantitative estimate of drug-likeness (QED) is 0.912. The summed E-state index contributed by atoms with van der Waals surface area (Å²) < 4.78 is 10.5. The first kappa shape index (κ1) is 12.9. The van der Waals surface area contributed by atoms with E-state index in [2.05, 4.69) is 10.1 Å². The smallest absolute Gasteiger partial charge is 0.335 e. The third-order valence-electron chi connectivity index (χ3n) is 2.96. The third-order valence-corrected chi connectivity index (χ3v) is 3.25. The zero-order chi connectivity index (χ0) is 14.1. The minimum Gasteiger partial charge on any atom is -0.482 e. The van der Waals surface area contributed by atoms with E-state index >= 15 is 0 Å². The zero-order valence-electron chi connectivity index (χ0n) is 10.4. The molecule has 0 atom stereocenters.